The normalized spacial score (nSPS) is 17.4. The Hall–Kier alpha value is -2.76. The highest BCUT2D eigenvalue weighted by atomic mass is 16.2. The molecule has 25 heavy (non-hydrogen) atoms. The van der Waals surface area contributed by atoms with Crippen LogP contribution in [0.3, 0.4) is 0 Å². The van der Waals surface area contributed by atoms with Gasteiger partial charge in [-0.25, -0.2) is 0 Å². The first-order chi connectivity index (χ1) is 12.0. The molecule has 4 rings (SSSR count). The molecule has 0 spiro atoms. The predicted molar refractivity (Wildman–Crippen MR) is 97.8 cm³/mol. The van der Waals surface area contributed by atoms with E-state index in [9.17, 15) is 9.59 Å². The molecule has 2 amide bonds. The number of carbonyl (C=O) groups excluding carboxylic acids is 2. The fourth-order valence-electron chi connectivity index (χ4n) is 3.56. The average Bonchev–Trinajstić information content (AvgIpc) is 3.30. The first-order valence-corrected chi connectivity index (χ1v) is 8.59. The van der Waals surface area contributed by atoms with Gasteiger partial charge >= 0.3 is 0 Å². The van der Waals surface area contributed by atoms with Gasteiger partial charge < -0.3 is 20.5 Å². The van der Waals surface area contributed by atoms with Crippen LogP contribution < -0.4 is 10.6 Å². The van der Waals surface area contributed by atoms with Gasteiger partial charge in [0.25, 0.3) is 5.91 Å². The number of carbonyl (C=O) groups is 2. The van der Waals surface area contributed by atoms with Crippen molar-refractivity contribution in [1.29, 1.82) is 0 Å². The average molecular weight is 338 g/mol. The molecule has 6 nitrogen and oxygen atoms in total. The Bertz CT molecular complexity index is 875. The second kappa shape index (κ2) is 5.65. The Morgan fingerprint density at radius 1 is 1.36 bits per heavy atom. The lowest BCUT2D eigenvalue weighted by Crippen LogP contribution is -2.60. The molecule has 2 aromatic rings. The Morgan fingerprint density at radius 2 is 2.08 bits per heavy atom. The standard InChI is InChI=1S/C19H22N4O2/c1-3-17(24)23-9-12(10-23)22(2)16-7-6-13(19(20)25)18-14(16)8-15(21-18)11-4-5-11/h3,6-8,11-12,21H,1,4-5,9-10H2,2H3,(H2,20,25). The molecule has 2 heterocycles. The summed E-state index contributed by atoms with van der Waals surface area (Å²) in [5.74, 6) is 0.113. The molecule has 130 valence electrons. The van der Waals surface area contributed by atoms with E-state index in [0.717, 1.165) is 16.6 Å². The van der Waals surface area contributed by atoms with Gasteiger partial charge in [-0.2, -0.15) is 0 Å². The minimum Gasteiger partial charge on any atom is -0.367 e. The zero-order valence-electron chi connectivity index (χ0n) is 14.3. The summed E-state index contributed by atoms with van der Waals surface area (Å²) in [6, 6.07) is 6.14. The monoisotopic (exact) mass is 338 g/mol. The van der Waals surface area contributed by atoms with E-state index in [1.807, 2.05) is 13.1 Å². The number of H-pyrrole nitrogens is 1. The molecule has 0 unspecified atom stereocenters. The number of aromatic nitrogens is 1. The van der Waals surface area contributed by atoms with Gasteiger partial charge in [0.1, 0.15) is 0 Å². The Kier molecular flexibility index (Phi) is 3.56. The van der Waals surface area contributed by atoms with Crippen LogP contribution in [0.15, 0.2) is 30.9 Å². The third kappa shape index (κ3) is 2.58. The summed E-state index contributed by atoms with van der Waals surface area (Å²) < 4.78 is 0. The molecule has 1 saturated heterocycles. The van der Waals surface area contributed by atoms with Crippen molar-refractivity contribution >= 4 is 28.4 Å². The van der Waals surface area contributed by atoms with Crippen LogP contribution in [-0.2, 0) is 4.79 Å². The summed E-state index contributed by atoms with van der Waals surface area (Å²) in [5, 5.41) is 1.02. The molecule has 1 aliphatic heterocycles. The molecule has 6 heteroatoms. The highest BCUT2D eigenvalue weighted by Gasteiger charge is 2.33. The van der Waals surface area contributed by atoms with Gasteiger partial charge in [-0.15, -0.1) is 0 Å². The maximum atomic E-state index is 11.8. The molecule has 0 radical (unpaired) electrons. The van der Waals surface area contributed by atoms with Crippen molar-refractivity contribution in [2.45, 2.75) is 24.8 Å². The second-order valence-electron chi connectivity index (χ2n) is 7.00. The number of hydrogen-bond donors (Lipinski definition) is 2. The van der Waals surface area contributed by atoms with Gasteiger partial charge in [-0.05, 0) is 43.0 Å². The minimum atomic E-state index is -0.421. The summed E-state index contributed by atoms with van der Waals surface area (Å²) in [6.45, 7) is 4.89. The maximum absolute atomic E-state index is 11.8. The smallest absolute Gasteiger partial charge is 0.250 e. The number of aromatic amines is 1. The molecule has 2 aliphatic rings. The van der Waals surface area contributed by atoms with E-state index in [1.54, 1.807) is 11.0 Å². The number of amides is 2. The van der Waals surface area contributed by atoms with Crippen LogP contribution in [0.4, 0.5) is 5.69 Å². The molecule has 1 saturated carbocycles. The maximum Gasteiger partial charge on any atom is 0.250 e. The summed E-state index contributed by atoms with van der Waals surface area (Å²) in [7, 11) is 2.03. The van der Waals surface area contributed by atoms with Gasteiger partial charge in [0.05, 0.1) is 17.1 Å². The lowest BCUT2D eigenvalue weighted by Gasteiger charge is -2.44. The number of benzene rings is 1. The van der Waals surface area contributed by atoms with Crippen molar-refractivity contribution in [1.82, 2.24) is 9.88 Å². The summed E-state index contributed by atoms with van der Waals surface area (Å²) in [6.07, 6.45) is 3.72. The summed E-state index contributed by atoms with van der Waals surface area (Å²) >= 11 is 0. The lowest BCUT2D eigenvalue weighted by molar-refractivity contribution is -0.130. The number of primary amides is 1. The van der Waals surface area contributed by atoms with Crippen LogP contribution in [0.1, 0.15) is 34.8 Å². The molecule has 1 aromatic heterocycles. The molecular formula is C19H22N4O2. The summed E-state index contributed by atoms with van der Waals surface area (Å²) in [5.41, 5.74) is 9.12. The third-order valence-corrected chi connectivity index (χ3v) is 5.35. The summed E-state index contributed by atoms with van der Waals surface area (Å²) in [4.78, 5) is 30.8. The number of nitrogens with zero attached hydrogens (tertiary/aromatic N) is 2. The van der Waals surface area contributed by atoms with E-state index in [-0.39, 0.29) is 11.9 Å². The molecule has 1 aliphatic carbocycles. The van der Waals surface area contributed by atoms with Crippen molar-refractivity contribution in [2.24, 2.45) is 5.73 Å². The highest BCUT2D eigenvalue weighted by Crippen LogP contribution is 2.42. The van der Waals surface area contributed by atoms with Gasteiger partial charge in [0.2, 0.25) is 5.91 Å². The van der Waals surface area contributed by atoms with Crippen molar-refractivity contribution in [3.8, 4) is 0 Å². The molecule has 1 aromatic carbocycles. The van der Waals surface area contributed by atoms with E-state index in [2.05, 4.69) is 22.5 Å². The van der Waals surface area contributed by atoms with Crippen LogP contribution >= 0.6 is 0 Å². The van der Waals surface area contributed by atoms with Crippen LogP contribution in [0.5, 0.6) is 0 Å². The van der Waals surface area contributed by atoms with Crippen molar-refractivity contribution in [3.05, 3.63) is 42.1 Å². The van der Waals surface area contributed by atoms with Gasteiger partial charge in [-0.1, -0.05) is 6.58 Å². The van der Waals surface area contributed by atoms with Crippen molar-refractivity contribution < 1.29 is 9.59 Å². The van der Waals surface area contributed by atoms with E-state index in [4.69, 9.17) is 5.73 Å². The zero-order valence-corrected chi connectivity index (χ0v) is 14.3. The lowest BCUT2D eigenvalue weighted by atomic mass is 10.0. The van der Waals surface area contributed by atoms with Gasteiger partial charge in [0.15, 0.2) is 0 Å². The van der Waals surface area contributed by atoms with E-state index >= 15 is 0 Å². The second-order valence-corrected chi connectivity index (χ2v) is 7.00. The van der Waals surface area contributed by atoms with Crippen LogP contribution in [0, 0.1) is 0 Å². The number of nitrogens with one attached hydrogen (secondary N) is 1. The Morgan fingerprint density at radius 3 is 2.68 bits per heavy atom. The topological polar surface area (TPSA) is 82.4 Å². The number of fused-ring (bicyclic) bond motifs is 1. The van der Waals surface area contributed by atoms with Crippen LogP contribution in [-0.4, -0.2) is 47.9 Å². The predicted octanol–water partition coefficient (Wildman–Crippen LogP) is 1.98. The SMILES string of the molecule is C=CC(=O)N1CC(N(C)c2ccc(C(N)=O)c3[nH]c(C4CC4)cc23)C1. The third-order valence-electron chi connectivity index (χ3n) is 5.35. The van der Waals surface area contributed by atoms with E-state index in [1.165, 1.54) is 24.6 Å². The molecule has 3 N–H and O–H groups in total. The fraction of sp³-hybridized carbons (Fsp3) is 0.368. The van der Waals surface area contributed by atoms with Crippen LogP contribution in [0.25, 0.3) is 10.9 Å². The molecule has 0 bridgehead atoms. The zero-order chi connectivity index (χ0) is 17.7. The first-order valence-electron chi connectivity index (χ1n) is 8.59. The number of anilines is 1. The van der Waals surface area contributed by atoms with E-state index in [0.29, 0.717) is 24.6 Å². The number of nitrogens with two attached hydrogens (primary N) is 1. The number of likely N-dealkylation sites (N-methyl/N-ethyl adjacent to an activating group) is 1. The minimum absolute atomic E-state index is 0.0310. The molecule has 2 fully saturated rings. The Labute approximate surface area is 146 Å². The quantitative estimate of drug-likeness (QED) is 0.818. The first kappa shape index (κ1) is 15.7. The largest absolute Gasteiger partial charge is 0.367 e. The number of likely N-dealkylation sites (tertiary alicyclic amines) is 1. The number of rotatable bonds is 5. The van der Waals surface area contributed by atoms with Crippen LogP contribution in [0.2, 0.25) is 0 Å². The van der Waals surface area contributed by atoms with E-state index < -0.39 is 5.91 Å². The highest BCUT2D eigenvalue weighted by molar-refractivity contribution is 6.09. The van der Waals surface area contributed by atoms with Gasteiger partial charge in [-0.3, -0.25) is 9.59 Å². The fourth-order valence-corrected chi connectivity index (χ4v) is 3.56. The van der Waals surface area contributed by atoms with Crippen molar-refractivity contribution in [2.75, 3.05) is 25.0 Å². The molecule has 0 atom stereocenters. The van der Waals surface area contributed by atoms with Gasteiger partial charge in [0, 0.05) is 36.9 Å². The Balaban J connectivity index is 1.67. The van der Waals surface area contributed by atoms with Crippen molar-refractivity contribution in [3.63, 3.8) is 0 Å². The molecular weight excluding hydrogens is 316 g/mol. The number of hydrogen-bond acceptors (Lipinski definition) is 3.